The van der Waals surface area contributed by atoms with Crippen LogP contribution in [0.25, 0.3) is 0 Å². The highest BCUT2D eigenvalue weighted by molar-refractivity contribution is 6.36. The Labute approximate surface area is 149 Å². The summed E-state index contributed by atoms with van der Waals surface area (Å²) in [7, 11) is 0. The molecule has 1 N–H and O–H groups in total. The lowest BCUT2D eigenvalue weighted by molar-refractivity contribution is -0.145. The molecule has 0 radical (unpaired) electrons. The number of nitrogens with one attached hydrogen (secondary N) is 1. The van der Waals surface area contributed by atoms with Crippen molar-refractivity contribution in [2.75, 3.05) is 18.5 Å². The maximum atomic E-state index is 12.3. The molecular weight excluding hydrogens is 353 g/mol. The molecule has 126 valence electrons. The molecular formula is C17H15Cl2NO4. The molecule has 24 heavy (non-hydrogen) atoms. The van der Waals surface area contributed by atoms with Crippen molar-refractivity contribution in [3.05, 3.63) is 58.1 Å². The molecule has 0 aromatic heterocycles. The molecule has 2 rings (SSSR count). The third-order valence-electron chi connectivity index (χ3n) is 2.93. The second-order valence-corrected chi connectivity index (χ2v) is 5.54. The molecule has 0 aliphatic heterocycles. The van der Waals surface area contributed by atoms with Crippen LogP contribution in [0.4, 0.5) is 5.69 Å². The fourth-order valence-electron chi connectivity index (χ4n) is 1.88. The fraction of sp³-hybridized carbons (Fsp3) is 0.176. The van der Waals surface area contributed by atoms with E-state index >= 15 is 0 Å². The lowest BCUT2D eigenvalue weighted by Crippen LogP contribution is -2.15. The number of rotatable bonds is 6. The molecule has 0 aliphatic rings. The van der Waals surface area contributed by atoms with E-state index < -0.39 is 11.9 Å². The summed E-state index contributed by atoms with van der Waals surface area (Å²) in [5.41, 5.74) is 0.763. The van der Waals surface area contributed by atoms with Crippen molar-refractivity contribution in [2.45, 2.75) is 6.92 Å². The van der Waals surface area contributed by atoms with Crippen LogP contribution in [-0.2, 0) is 9.53 Å². The van der Waals surface area contributed by atoms with E-state index in [1.807, 2.05) is 0 Å². The lowest BCUT2D eigenvalue weighted by atomic mass is 10.2. The number of benzene rings is 2. The van der Waals surface area contributed by atoms with Gasteiger partial charge in [-0.2, -0.15) is 0 Å². The Morgan fingerprint density at radius 3 is 2.67 bits per heavy atom. The summed E-state index contributed by atoms with van der Waals surface area (Å²) in [5, 5.41) is 3.41. The van der Waals surface area contributed by atoms with Crippen molar-refractivity contribution >= 4 is 40.8 Å². The van der Waals surface area contributed by atoms with Gasteiger partial charge in [0, 0.05) is 16.8 Å². The Balaban J connectivity index is 2.05. The Hall–Kier alpha value is -2.24. The van der Waals surface area contributed by atoms with E-state index in [-0.39, 0.29) is 12.2 Å². The van der Waals surface area contributed by atoms with Crippen LogP contribution < -0.4 is 10.1 Å². The van der Waals surface area contributed by atoms with Crippen LogP contribution >= 0.6 is 23.2 Å². The quantitative estimate of drug-likeness (QED) is 0.777. The first kappa shape index (κ1) is 18.1. The van der Waals surface area contributed by atoms with Gasteiger partial charge in [0.25, 0.3) is 5.91 Å². The topological polar surface area (TPSA) is 64.6 Å². The average Bonchev–Trinajstić information content (AvgIpc) is 2.56. The zero-order chi connectivity index (χ0) is 17.5. The van der Waals surface area contributed by atoms with E-state index in [1.54, 1.807) is 43.3 Å². The van der Waals surface area contributed by atoms with E-state index in [1.165, 1.54) is 6.07 Å². The maximum absolute atomic E-state index is 12.3. The monoisotopic (exact) mass is 367 g/mol. The van der Waals surface area contributed by atoms with Gasteiger partial charge in [0.2, 0.25) is 0 Å². The molecule has 7 heteroatoms. The highest BCUT2D eigenvalue weighted by Gasteiger charge is 2.12. The predicted octanol–water partition coefficient (Wildman–Crippen LogP) is 4.19. The molecule has 0 spiro atoms. The molecule has 5 nitrogen and oxygen atoms in total. The molecule has 1 amide bonds. The van der Waals surface area contributed by atoms with Crippen molar-refractivity contribution in [3.63, 3.8) is 0 Å². The van der Waals surface area contributed by atoms with E-state index in [0.29, 0.717) is 28.1 Å². The molecule has 0 saturated carbocycles. The van der Waals surface area contributed by atoms with Gasteiger partial charge in [-0.15, -0.1) is 0 Å². The second-order valence-electron chi connectivity index (χ2n) is 4.70. The Kier molecular flexibility index (Phi) is 6.46. The number of hydrogen-bond donors (Lipinski definition) is 1. The summed E-state index contributed by atoms with van der Waals surface area (Å²) in [6.45, 7) is 1.80. The van der Waals surface area contributed by atoms with Crippen LogP contribution in [-0.4, -0.2) is 25.1 Å². The largest absolute Gasteiger partial charge is 0.482 e. The summed E-state index contributed by atoms with van der Waals surface area (Å²) in [6, 6.07) is 11.3. The summed E-state index contributed by atoms with van der Waals surface area (Å²) in [4.78, 5) is 23.6. The predicted molar refractivity (Wildman–Crippen MR) is 93.0 cm³/mol. The highest BCUT2D eigenvalue weighted by atomic mass is 35.5. The smallest absolute Gasteiger partial charge is 0.344 e. The standard InChI is InChI=1S/C17H15Cl2NO4/c1-2-23-16(21)10-24-13-5-3-4-12(9-13)20-17(22)14-8-11(18)6-7-15(14)19/h3-9H,2,10H2,1H3,(H,20,22). The Morgan fingerprint density at radius 1 is 1.12 bits per heavy atom. The summed E-state index contributed by atoms with van der Waals surface area (Å²) in [5.74, 6) is -0.430. The second kappa shape index (κ2) is 8.57. The minimum absolute atomic E-state index is 0.203. The fourth-order valence-corrected chi connectivity index (χ4v) is 2.25. The van der Waals surface area contributed by atoms with Gasteiger partial charge in [0.05, 0.1) is 17.2 Å². The van der Waals surface area contributed by atoms with Crippen LogP contribution in [0, 0.1) is 0 Å². The van der Waals surface area contributed by atoms with Crippen LogP contribution in [0.15, 0.2) is 42.5 Å². The molecule has 0 fully saturated rings. The number of esters is 1. The van der Waals surface area contributed by atoms with Gasteiger partial charge in [0.1, 0.15) is 5.75 Å². The molecule has 0 unspecified atom stereocenters. The average molecular weight is 368 g/mol. The number of anilines is 1. The van der Waals surface area contributed by atoms with Gasteiger partial charge >= 0.3 is 5.97 Å². The van der Waals surface area contributed by atoms with Gasteiger partial charge < -0.3 is 14.8 Å². The van der Waals surface area contributed by atoms with Crippen molar-refractivity contribution in [1.82, 2.24) is 0 Å². The molecule has 0 bridgehead atoms. The first-order valence-corrected chi connectivity index (χ1v) is 7.90. The first-order chi connectivity index (χ1) is 11.5. The van der Waals surface area contributed by atoms with Gasteiger partial charge in [-0.1, -0.05) is 29.3 Å². The van der Waals surface area contributed by atoms with Crippen LogP contribution in [0.3, 0.4) is 0 Å². The molecule has 2 aromatic carbocycles. The van der Waals surface area contributed by atoms with Crippen LogP contribution in [0.5, 0.6) is 5.75 Å². The van der Waals surface area contributed by atoms with Gasteiger partial charge in [-0.05, 0) is 37.3 Å². The maximum Gasteiger partial charge on any atom is 0.344 e. The number of hydrogen-bond acceptors (Lipinski definition) is 4. The number of carbonyl (C=O) groups is 2. The highest BCUT2D eigenvalue weighted by Crippen LogP contribution is 2.23. The minimum Gasteiger partial charge on any atom is -0.482 e. The molecule has 0 heterocycles. The molecule has 2 aromatic rings. The third kappa shape index (κ3) is 5.15. The van der Waals surface area contributed by atoms with Crippen molar-refractivity contribution in [3.8, 4) is 5.75 Å². The van der Waals surface area contributed by atoms with Crippen LogP contribution in [0.2, 0.25) is 10.0 Å². The normalized spacial score (nSPS) is 10.1. The summed E-state index contributed by atoms with van der Waals surface area (Å²) >= 11 is 11.9. The molecule has 0 saturated heterocycles. The number of ether oxygens (including phenoxy) is 2. The summed E-state index contributed by atoms with van der Waals surface area (Å²) < 4.78 is 10.1. The SMILES string of the molecule is CCOC(=O)COc1cccc(NC(=O)c2cc(Cl)ccc2Cl)c1. The number of amides is 1. The van der Waals surface area contributed by atoms with Crippen molar-refractivity contribution in [1.29, 1.82) is 0 Å². The minimum atomic E-state index is -0.461. The van der Waals surface area contributed by atoms with E-state index in [4.69, 9.17) is 32.7 Å². The Morgan fingerprint density at radius 2 is 1.92 bits per heavy atom. The lowest BCUT2D eigenvalue weighted by Gasteiger charge is -2.10. The molecule has 0 aliphatic carbocycles. The van der Waals surface area contributed by atoms with E-state index in [0.717, 1.165) is 0 Å². The zero-order valence-electron chi connectivity index (χ0n) is 12.8. The van der Waals surface area contributed by atoms with Crippen molar-refractivity contribution < 1.29 is 19.1 Å². The van der Waals surface area contributed by atoms with Gasteiger partial charge in [-0.25, -0.2) is 4.79 Å². The van der Waals surface area contributed by atoms with E-state index in [2.05, 4.69) is 5.32 Å². The third-order valence-corrected chi connectivity index (χ3v) is 3.49. The van der Waals surface area contributed by atoms with Crippen molar-refractivity contribution in [2.24, 2.45) is 0 Å². The molecule has 0 atom stereocenters. The zero-order valence-corrected chi connectivity index (χ0v) is 14.4. The first-order valence-electron chi connectivity index (χ1n) is 7.14. The number of carbonyl (C=O) groups excluding carboxylic acids is 2. The van der Waals surface area contributed by atoms with Gasteiger partial charge in [0.15, 0.2) is 6.61 Å². The van der Waals surface area contributed by atoms with E-state index in [9.17, 15) is 9.59 Å². The summed E-state index contributed by atoms with van der Waals surface area (Å²) in [6.07, 6.45) is 0. The Bertz CT molecular complexity index is 749. The van der Waals surface area contributed by atoms with Crippen LogP contribution in [0.1, 0.15) is 17.3 Å². The number of halogens is 2. The van der Waals surface area contributed by atoms with Gasteiger partial charge in [-0.3, -0.25) is 4.79 Å².